The molecule has 0 saturated heterocycles. The zero-order valence-electron chi connectivity index (χ0n) is 6.14. The standard InChI is InChI=1S/C8H9ClIN/c1-6(11-10)7-2-4-8(9)5-3-7/h2-6,11H,1H3. The molecule has 3 heteroatoms. The van der Waals surface area contributed by atoms with Crippen molar-refractivity contribution in [3.63, 3.8) is 0 Å². The SMILES string of the molecule is CC(NI)c1ccc(Cl)cc1. The Morgan fingerprint density at radius 1 is 1.36 bits per heavy atom. The molecule has 0 spiro atoms. The van der Waals surface area contributed by atoms with Crippen molar-refractivity contribution in [3.8, 4) is 0 Å². The van der Waals surface area contributed by atoms with Gasteiger partial charge in [0.05, 0.1) is 0 Å². The lowest BCUT2D eigenvalue weighted by Gasteiger charge is -2.08. The van der Waals surface area contributed by atoms with Crippen molar-refractivity contribution in [1.29, 1.82) is 0 Å². The summed E-state index contributed by atoms with van der Waals surface area (Å²) in [6, 6.07) is 8.24. The first kappa shape index (κ1) is 9.29. The predicted octanol–water partition coefficient (Wildman–Crippen LogP) is 3.34. The number of hydrogen-bond acceptors (Lipinski definition) is 1. The van der Waals surface area contributed by atoms with E-state index in [-0.39, 0.29) is 0 Å². The zero-order valence-corrected chi connectivity index (χ0v) is 9.06. The Morgan fingerprint density at radius 2 is 1.91 bits per heavy atom. The van der Waals surface area contributed by atoms with Crippen LogP contribution in [0.25, 0.3) is 0 Å². The van der Waals surface area contributed by atoms with E-state index in [0.717, 1.165) is 5.02 Å². The highest BCUT2D eigenvalue weighted by molar-refractivity contribution is 14.1. The molecular formula is C8H9ClIN. The minimum atomic E-state index is 0.382. The molecule has 0 aliphatic heterocycles. The molecule has 1 aromatic rings. The van der Waals surface area contributed by atoms with E-state index in [1.807, 2.05) is 24.3 Å². The molecule has 1 unspecified atom stereocenters. The Hall–Kier alpha value is 0.200. The van der Waals surface area contributed by atoms with E-state index in [9.17, 15) is 0 Å². The summed E-state index contributed by atoms with van der Waals surface area (Å²) in [7, 11) is 0. The molecule has 0 amide bonds. The fourth-order valence-electron chi connectivity index (χ4n) is 0.814. The van der Waals surface area contributed by atoms with E-state index in [4.69, 9.17) is 11.6 Å². The lowest BCUT2D eigenvalue weighted by molar-refractivity contribution is 0.778. The third kappa shape index (κ3) is 2.61. The van der Waals surface area contributed by atoms with Crippen LogP contribution in [0, 0.1) is 0 Å². The Kier molecular flexibility index (Phi) is 3.62. The van der Waals surface area contributed by atoms with Crippen molar-refractivity contribution in [1.82, 2.24) is 3.53 Å². The summed E-state index contributed by atoms with van der Waals surface area (Å²) in [6.07, 6.45) is 0. The van der Waals surface area contributed by atoms with Crippen LogP contribution >= 0.6 is 34.5 Å². The molecule has 0 radical (unpaired) electrons. The molecule has 11 heavy (non-hydrogen) atoms. The average molecular weight is 282 g/mol. The topological polar surface area (TPSA) is 12.0 Å². The summed E-state index contributed by atoms with van der Waals surface area (Å²) in [5, 5.41) is 0.786. The van der Waals surface area contributed by atoms with Gasteiger partial charge in [0.25, 0.3) is 0 Å². The largest absolute Gasteiger partial charge is 0.254 e. The number of rotatable bonds is 2. The highest BCUT2D eigenvalue weighted by Crippen LogP contribution is 2.16. The van der Waals surface area contributed by atoms with E-state index >= 15 is 0 Å². The highest BCUT2D eigenvalue weighted by Gasteiger charge is 2.00. The molecule has 0 bridgehead atoms. The molecule has 1 aromatic carbocycles. The second-order valence-electron chi connectivity index (χ2n) is 2.38. The van der Waals surface area contributed by atoms with Gasteiger partial charge in [-0.15, -0.1) is 0 Å². The van der Waals surface area contributed by atoms with Gasteiger partial charge in [-0.1, -0.05) is 23.7 Å². The monoisotopic (exact) mass is 281 g/mol. The van der Waals surface area contributed by atoms with Crippen molar-refractivity contribution in [2.75, 3.05) is 0 Å². The quantitative estimate of drug-likeness (QED) is 0.647. The van der Waals surface area contributed by atoms with Gasteiger partial charge in [0.1, 0.15) is 0 Å². The second-order valence-corrected chi connectivity index (χ2v) is 3.44. The van der Waals surface area contributed by atoms with Gasteiger partial charge in [0.15, 0.2) is 0 Å². The van der Waals surface area contributed by atoms with Crippen LogP contribution in [0.4, 0.5) is 0 Å². The normalized spacial score (nSPS) is 13.0. The molecule has 0 aromatic heterocycles. The van der Waals surface area contributed by atoms with Crippen LogP contribution < -0.4 is 3.53 Å². The van der Waals surface area contributed by atoms with Gasteiger partial charge in [-0.2, -0.15) is 0 Å². The molecule has 1 nitrogen and oxygen atoms in total. The highest BCUT2D eigenvalue weighted by atomic mass is 127. The molecule has 1 atom stereocenters. The first-order chi connectivity index (χ1) is 5.24. The van der Waals surface area contributed by atoms with E-state index in [0.29, 0.717) is 6.04 Å². The van der Waals surface area contributed by atoms with Gasteiger partial charge in [0.2, 0.25) is 0 Å². The van der Waals surface area contributed by atoms with Crippen molar-refractivity contribution in [2.45, 2.75) is 13.0 Å². The van der Waals surface area contributed by atoms with Gasteiger partial charge in [-0.3, -0.25) is 3.53 Å². The third-order valence-electron chi connectivity index (χ3n) is 1.53. The van der Waals surface area contributed by atoms with Gasteiger partial charge < -0.3 is 0 Å². The minimum Gasteiger partial charge on any atom is -0.254 e. The summed E-state index contributed by atoms with van der Waals surface area (Å²) < 4.78 is 3.13. The summed E-state index contributed by atoms with van der Waals surface area (Å²) in [5.74, 6) is 0. The summed E-state index contributed by atoms with van der Waals surface area (Å²) in [4.78, 5) is 0. The predicted molar refractivity (Wildman–Crippen MR) is 57.0 cm³/mol. The fraction of sp³-hybridized carbons (Fsp3) is 0.250. The maximum Gasteiger partial charge on any atom is 0.0406 e. The van der Waals surface area contributed by atoms with E-state index in [1.165, 1.54) is 5.56 Å². The Bertz CT molecular complexity index is 222. The third-order valence-corrected chi connectivity index (χ3v) is 2.72. The van der Waals surface area contributed by atoms with Gasteiger partial charge >= 0.3 is 0 Å². The number of hydrogen-bond donors (Lipinski definition) is 1. The Labute approximate surface area is 85.6 Å². The van der Waals surface area contributed by atoms with Crippen molar-refractivity contribution >= 4 is 34.5 Å². The molecular weight excluding hydrogens is 272 g/mol. The van der Waals surface area contributed by atoms with E-state index in [2.05, 4.69) is 33.3 Å². The molecule has 0 saturated carbocycles. The van der Waals surface area contributed by atoms with Crippen LogP contribution in [-0.2, 0) is 0 Å². The van der Waals surface area contributed by atoms with Crippen LogP contribution in [0.15, 0.2) is 24.3 Å². The maximum atomic E-state index is 5.74. The van der Waals surface area contributed by atoms with Gasteiger partial charge in [-0.05, 0) is 24.6 Å². The summed E-state index contributed by atoms with van der Waals surface area (Å²) in [5.41, 5.74) is 1.25. The van der Waals surface area contributed by atoms with Crippen LogP contribution in [-0.4, -0.2) is 0 Å². The van der Waals surface area contributed by atoms with E-state index < -0.39 is 0 Å². The lowest BCUT2D eigenvalue weighted by Crippen LogP contribution is -2.04. The molecule has 0 aliphatic rings. The maximum absolute atomic E-state index is 5.74. The first-order valence-corrected chi connectivity index (χ1v) is 4.81. The summed E-state index contributed by atoms with van der Waals surface area (Å²) >= 11 is 7.88. The fourth-order valence-corrected chi connectivity index (χ4v) is 1.30. The van der Waals surface area contributed by atoms with Crippen LogP contribution in [0.2, 0.25) is 5.02 Å². The van der Waals surface area contributed by atoms with Crippen LogP contribution in [0.5, 0.6) is 0 Å². The van der Waals surface area contributed by atoms with E-state index in [1.54, 1.807) is 0 Å². The average Bonchev–Trinajstić information content (AvgIpc) is 2.05. The molecule has 1 N–H and O–H groups in total. The number of benzene rings is 1. The van der Waals surface area contributed by atoms with Gasteiger partial charge in [0, 0.05) is 33.9 Å². The Morgan fingerprint density at radius 3 is 2.36 bits per heavy atom. The van der Waals surface area contributed by atoms with Crippen LogP contribution in [0.1, 0.15) is 18.5 Å². The molecule has 0 aliphatic carbocycles. The van der Waals surface area contributed by atoms with Crippen molar-refractivity contribution in [3.05, 3.63) is 34.9 Å². The number of halogens is 2. The zero-order chi connectivity index (χ0) is 8.27. The van der Waals surface area contributed by atoms with Crippen molar-refractivity contribution in [2.24, 2.45) is 0 Å². The first-order valence-electron chi connectivity index (χ1n) is 3.35. The molecule has 1 rings (SSSR count). The van der Waals surface area contributed by atoms with Gasteiger partial charge in [-0.25, -0.2) is 0 Å². The Balaban J connectivity index is 2.81. The van der Waals surface area contributed by atoms with Crippen molar-refractivity contribution < 1.29 is 0 Å². The minimum absolute atomic E-state index is 0.382. The lowest BCUT2D eigenvalue weighted by atomic mass is 10.1. The smallest absolute Gasteiger partial charge is 0.0406 e. The number of nitrogens with one attached hydrogen (secondary N) is 1. The summed E-state index contributed by atoms with van der Waals surface area (Å²) in [6.45, 7) is 2.11. The molecule has 60 valence electrons. The second kappa shape index (κ2) is 4.28. The molecule has 0 fully saturated rings. The molecule has 0 heterocycles. The van der Waals surface area contributed by atoms with Crippen LogP contribution in [0.3, 0.4) is 0 Å².